The Bertz CT molecular complexity index is 1090. The van der Waals surface area contributed by atoms with Gasteiger partial charge in [0.25, 0.3) is 0 Å². The van der Waals surface area contributed by atoms with Gasteiger partial charge >= 0.3 is 25.7 Å². The zero-order valence-electron chi connectivity index (χ0n) is 41.7. The van der Waals surface area contributed by atoms with Crippen LogP contribution in [0.5, 0.6) is 0 Å². The number of hydrogen-bond acceptors (Lipinski definition) is 9. The van der Waals surface area contributed by atoms with E-state index in [-0.39, 0.29) is 19.4 Å². The Hall–Kier alpha value is -1.52. The smallest absolute Gasteiger partial charge is 0.472 e. The number of unbranched alkanes of at least 4 members (excludes halogenated alkanes) is 38. The molecule has 3 atom stereocenters. The molecular formula is C52H102NO10P. The summed E-state index contributed by atoms with van der Waals surface area (Å²) in [5.41, 5.74) is 5.36. The topological polar surface area (TPSA) is 172 Å². The third kappa shape index (κ3) is 47.0. The lowest BCUT2D eigenvalue weighted by Gasteiger charge is -2.20. The standard InChI is InChI=1S/C52H102NO10P/c1-3-5-7-9-11-13-15-17-19-21-22-23-24-25-26-28-30-32-34-36-38-40-42-44-51(55)63-48(46-61-64(58,59)62-47-49(53)52(56)57)45-60-50(54)43-41-39-37-35-33-31-29-27-20-18-16-14-12-10-8-6-4-2/h48-49H,3-47,53H2,1-2H3,(H,56,57)(H,58,59)/t48-,49-/m0/s1. The highest BCUT2D eigenvalue weighted by Crippen LogP contribution is 2.43. The molecule has 0 saturated heterocycles. The first-order valence-corrected chi connectivity index (χ1v) is 28.6. The van der Waals surface area contributed by atoms with Gasteiger partial charge in [0, 0.05) is 12.8 Å². The Labute approximate surface area is 393 Å². The number of aliphatic carboxylic acids is 1. The predicted octanol–water partition coefficient (Wildman–Crippen LogP) is 15.4. The molecule has 1 unspecified atom stereocenters. The van der Waals surface area contributed by atoms with Gasteiger partial charge in [-0.15, -0.1) is 0 Å². The Morgan fingerprint density at radius 2 is 0.688 bits per heavy atom. The van der Waals surface area contributed by atoms with Crippen LogP contribution in [0.25, 0.3) is 0 Å². The van der Waals surface area contributed by atoms with Gasteiger partial charge in [0.1, 0.15) is 12.6 Å². The van der Waals surface area contributed by atoms with Crippen molar-refractivity contribution in [3.8, 4) is 0 Å². The van der Waals surface area contributed by atoms with Crippen molar-refractivity contribution in [1.82, 2.24) is 0 Å². The van der Waals surface area contributed by atoms with Crippen molar-refractivity contribution in [2.75, 3.05) is 19.8 Å². The van der Waals surface area contributed by atoms with Gasteiger partial charge in [-0.3, -0.25) is 23.4 Å². The second kappa shape index (κ2) is 48.0. The lowest BCUT2D eigenvalue weighted by molar-refractivity contribution is -0.161. The first-order valence-electron chi connectivity index (χ1n) is 27.1. The van der Waals surface area contributed by atoms with Crippen LogP contribution < -0.4 is 5.73 Å². The summed E-state index contributed by atoms with van der Waals surface area (Å²) in [6, 6.07) is -1.52. The normalized spacial score (nSPS) is 13.4. The van der Waals surface area contributed by atoms with Gasteiger partial charge in [-0.1, -0.05) is 258 Å². The van der Waals surface area contributed by atoms with E-state index in [1.807, 2.05) is 0 Å². The van der Waals surface area contributed by atoms with Crippen molar-refractivity contribution >= 4 is 25.7 Å². The molecule has 0 aliphatic carbocycles. The average Bonchev–Trinajstić information content (AvgIpc) is 3.27. The molecule has 0 saturated carbocycles. The second-order valence-corrected chi connectivity index (χ2v) is 20.2. The van der Waals surface area contributed by atoms with Gasteiger partial charge in [0.15, 0.2) is 6.10 Å². The van der Waals surface area contributed by atoms with Crippen LogP contribution in [0.3, 0.4) is 0 Å². The van der Waals surface area contributed by atoms with E-state index in [9.17, 15) is 23.8 Å². The van der Waals surface area contributed by atoms with E-state index < -0.39 is 51.1 Å². The van der Waals surface area contributed by atoms with Crippen molar-refractivity contribution in [3.63, 3.8) is 0 Å². The number of ether oxygens (including phenoxy) is 2. The Balaban J connectivity index is 4.14. The Morgan fingerprint density at radius 1 is 0.422 bits per heavy atom. The largest absolute Gasteiger partial charge is 0.480 e. The van der Waals surface area contributed by atoms with Crippen molar-refractivity contribution in [1.29, 1.82) is 0 Å². The number of nitrogens with two attached hydrogens (primary N) is 1. The first kappa shape index (κ1) is 62.5. The Kier molecular flexibility index (Phi) is 46.8. The summed E-state index contributed by atoms with van der Waals surface area (Å²) in [4.78, 5) is 46.2. The third-order valence-corrected chi connectivity index (χ3v) is 13.3. The number of carboxylic acids is 1. The average molecular weight is 932 g/mol. The molecule has 0 heterocycles. The van der Waals surface area contributed by atoms with Crippen LogP contribution in [0.15, 0.2) is 0 Å². The van der Waals surface area contributed by atoms with E-state index in [1.54, 1.807) is 0 Å². The molecule has 4 N–H and O–H groups in total. The molecule has 0 aromatic rings. The van der Waals surface area contributed by atoms with E-state index in [2.05, 4.69) is 13.8 Å². The summed E-state index contributed by atoms with van der Waals surface area (Å²) in [7, 11) is -4.71. The number of phosphoric ester groups is 1. The number of carbonyl (C=O) groups is 3. The molecule has 0 radical (unpaired) electrons. The molecule has 64 heavy (non-hydrogen) atoms. The van der Waals surface area contributed by atoms with Gasteiger partial charge in [-0.25, -0.2) is 4.57 Å². The zero-order chi connectivity index (χ0) is 47.0. The molecule has 0 rings (SSSR count). The Morgan fingerprint density at radius 3 is 0.984 bits per heavy atom. The van der Waals surface area contributed by atoms with Crippen LogP contribution in [0.1, 0.15) is 284 Å². The summed E-state index contributed by atoms with van der Waals surface area (Å²) in [5, 5.41) is 8.93. The maximum Gasteiger partial charge on any atom is 0.472 e. The zero-order valence-corrected chi connectivity index (χ0v) is 42.6. The highest BCUT2D eigenvalue weighted by molar-refractivity contribution is 7.47. The van der Waals surface area contributed by atoms with Crippen LogP contribution in [-0.4, -0.2) is 59.9 Å². The van der Waals surface area contributed by atoms with Crippen molar-refractivity contribution in [2.24, 2.45) is 5.73 Å². The fourth-order valence-electron chi connectivity index (χ4n) is 8.13. The van der Waals surface area contributed by atoms with Crippen molar-refractivity contribution in [2.45, 2.75) is 296 Å². The number of esters is 2. The predicted molar refractivity (Wildman–Crippen MR) is 263 cm³/mol. The molecule has 0 aliphatic rings. The summed E-state index contributed by atoms with van der Waals surface area (Å²) in [5.74, 6) is -2.35. The van der Waals surface area contributed by atoms with Crippen molar-refractivity contribution < 1.29 is 47.5 Å². The minimum atomic E-state index is -4.71. The second-order valence-electron chi connectivity index (χ2n) is 18.7. The summed E-state index contributed by atoms with van der Waals surface area (Å²) in [6.45, 7) is 2.88. The minimum absolute atomic E-state index is 0.170. The molecule has 0 bridgehead atoms. The molecule has 0 aromatic heterocycles. The number of hydrogen-bond donors (Lipinski definition) is 3. The number of carbonyl (C=O) groups excluding carboxylic acids is 2. The number of rotatable bonds is 52. The van der Waals surface area contributed by atoms with Crippen LogP contribution in [0, 0.1) is 0 Å². The highest BCUT2D eigenvalue weighted by Gasteiger charge is 2.28. The number of phosphoric acid groups is 1. The summed E-state index contributed by atoms with van der Waals surface area (Å²) < 4.78 is 32.9. The molecule has 0 fully saturated rings. The number of carboxylic acid groups (broad SMARTS) is 1. The SMILES string of the molecule is CCCCCCCCCCCCCCCCCCCCCCCCCC(=O)O[C@@H](COC(=O)CCCCCCCCCCCCCCCCCCC)COP(=O)(O)OC[C@H](N)C(=O)O. The molecular weight excluding hydrogens is 830 g/mol. The molecule has 0 aromatic carbocycles. The van der Waals surface area contributed by atoms with Crippen LogP contribution >= 0.6 is 7.82 Å². The van der Waals surface area contributed by atoms with Gasteiger partial charge in [0.2, 0.25) is 0 Å². The molecule has 11 nitrogen and oxygen atoms in total. The molecule has 12 heteroatoms. The summed E-state index contributed by atoms with van der Waals surface area (Å²) in [6.07, 6.45) is 50.3. The van der Waals surface area contributed by atoms with Crippen LogP contribution in [0.4, 0.5) is 0 Å². The van der Waals surface area contributed by atoms with E-state index in [0.29, 0.717) is 12.8 Å². The molecule has 0 aliphatic heterocycles. The van der Waals surface area contributed by atoms with Gasteiger partial charge in [-0.2, -0.15) is 0 Å². The van der Waals surface area contributed by atoms with Gasteiger partial charge in [-0.05, 0) is 12.8 Å². The molecule has 0 amide bonds. The third-order valence-electron chi connectivity index (χ3n) is 12.4. The monoisotopic (exact) mass is 932 g/mol. The van der Waals surface area contributed by atoms with E-state index >= 15 is 0 Å². The fourth-order valence-corrected chi connectivity index (χ4v) is 8.91. The van der Waals surface area contributed by atoms with Crippen LogP contribution in [-0.2, 0) is 37.5 Å². The van der Waals surface area contributed by atoms with E-state index in [4.69, 9.17) is 29.4 Å². The lowest BCUT2D eigenvalue weighted by atomic mass is 10.0. The maximum atomic E-state index is 12.7. The quantitative estimate of drug-likeness (QED) is 0.0301. The summed E-state index contributed by atoms with van der Waals surface area (Å²) >= 11 is 0. The fraction of sp³-hybridized carbons (Fsp3) is 0.942. The van der Waals surface area contributed by atoms with Crippen molar-refractivity contribution in [3.05, 3.63) is 0 Å². The maximum absolute atomic E-state index is 12.7. The van der Waals surface area contributed by atoms with Crippen LogP contribution in [0.2, 0.25) is 0 Å². The first-order chi connectivity index (χ1) is 31.1. The van der Waals surface area contributed by atoms with Gasteiger partial charge in [0.05, 0.1) is 13.2 Å². The molecule has 380 valence electrons. The minimum Gasteiger partial charge on any atom is -0.480 e. The van der Waals surface area contributed by atoms with E-state index in [0.717, 1.165) is 38.5 Å². The van der Waals surface area contributed by atoms with E-state index in [1.165, 1.54) is 205 Å². The lowest BCUT2D eigenvalue weighted by Crippen LogP contribution is -2.34. The molecule has 0 spiro atoms. The van der Waals surface area contributed by atoms with Gasteiger partial charge < -0.3 is 25.2 Å². The highest BCUT2D eigenvalue weighted by atomic mass is 31.2.